The van der Waals surface area contributed by atoms with Crippen LogP contribution >= 0.6 is 0 Å². The molecule has 1 aromatic heterocycles. The zero-order valence-electron chi connectivity index (χ0n) is 18.9. The maximum Gasteiger partial charge on any atom is 0.254 e. The summed E-state index contributed by atoms with van der Waals surface area (Å²) in [7, 11) is 0. The molecular formula is C26H33N3O3. The highest BCUT2D eigenvalue weighted by atomic mass is 16.5. The Morgan fingerprint density at radius 2 is 1.88 bits per heavy atom. The van der Waals surface area contributed by atoms with E-state index in [0.29, 0.717) is 32.7 Å². The van der Waals surface area contributed by atoms with Crippen LogP contribution in [-0.4, -0.2) is 53.5 Å². The van der Waals surface area contributed by atoms with E-state index >= 15 is 0 Å². The number of carbonyl (C=O) groups excluding carboxylic acids is 2. The quantitative estimate of drug-likeness (QED) is 0.753. The molecule has 0 radical (unpaired) electrons. The standard InChI is InChI=1S/C26H33N3O3/c1-2-28-25(31)26(18-22-10-6-7-11-23(22)20-12-14-27-15-13-20)19-29(16-17-32-26)24(30)21-8-4-3-5-9-21/h6-7,10-15,21H,2-5,8-9,16-19H2,1H3,(H,28,31)/t26-/m1/s1. The van der Waals surface area contributed by atoms with E-state index in [1.807, 2.05) is 42.2 Å². The Morgan fingerprint density at radius 1 is 1.12 bits per heavy atom. The van der Waals surface area contributed by atoms with Crippen molar-refractivity contribution in [3.8, 4) is 11.1 Å². The average molecular weight is 436 g/mol. The van der Waals surface area contributed by atoms with E-state index in [0.717, 1.165) is 42.4 Å². The number of pyridine rings is 1. The van der Waals surface area contributed by atoms with E-state index in [2.05, 4.69) is 16.4 Å². The topological polar surface area (TPSA) is 71.5 Å². The summed E-state index contributed by atoms with van der Waals surface area (Å²) < 4.78 is 6.22. The van der Waals surface area contributed by atoms with Crippen molar-refractivity contribution in [1.29, 1.82) is 0 Å². The molecule has 1 saturated carbocycles. The van der Waals surface area contributed by atoms with Gasteiger partial charge in [-0.1, -0.05) is 43.5 Å². The first-order chi connectivity index (χ1) is 15.6. The van der Waals surface area contributed by atoms with Crippen LogP contribution in [0.3, 0.4) is 0 Å². The largest absolute Gasteiger partial charge is 0.361 e. The van der Waals surface area contributed by atoms with Gasteiger partial charge < -0.3 is 15.0 Å². The third-order valence-corrected chi connectivity index (χ3v) is 6.69. The van der Waals surface area contributed by atoms with Gasteiger partial charge in [0.25, 0.3) is 5.91 Å². The number of carbonyl (C=O) groups is 2. The second kappa shape index (κ2) is 10.3. The second-order valence-electron chi connectivity index (χ2n) is 8.87. The van der Waals surface area contributed by atoms with Crippen LogP contribution in [0.25, 0.3) is 11.1 Å². The molecule has 4 rings (SSSR count). The summed E-state index contributed by atoms with van der Waals surface area (Å²) in [6.07, 6.45) is 9.29. The number of benzene rings is 1. The maximum atomic E-state index is 13.3. The first-order valence-corrected chi connectivity index (χ1v) is 11.8. The van der Waals surface area contributed by atoms with Crippen LogP contribution < -0.4 is 5.32 Å². The van der Waals surface area contributed by atoms with Gasteiger partial charge in [0.05, 0.1) is 13.2 Å². The van der Waals surface area contributed by atoms with Crippen molar-refractivity contribution in [1.82, 2.24) is 15.2 Å². The molecule has 2 heterocycles. The second-order valence-corrected chi connectivity index (χ2v) is 8.87. The molecule has 1 atom stereocenters. The normalized spacial score (nSPS) is 21.8. The maximum absolute atomic E-state index is 13.3. The van der Waals surface area contributed by atoms with E-state index < -0.39 is 5.60 Å². The lowest BCUT2D eigenvalue weighted by Gasteiger charge is -2.43. The molecule has 1 aliphatic heterocycles. The van der Waals surface area contributed by atoms with Crippen molar-refractivity contribution >= 4 is 11.8 Å². The number of hydrogen-bond acceptors (Lipinski definition) is 4. The van der Waals surface area contributed by atoms with Crippen LogP contribution in [0.4, 0.5) is 0 Å². The zero-order chi connectivity index (χ0) is 22.4. The van der Waals surface area contributed by atoms with Gasteiger partial charge >= 0.3 is 0 Å². The lowest BCUT2D eigenvalue weighted by molar-refractivity contribution is -0.168. The molecular weight excluding hydrogens is 402 g/mol. The Bertz CT molecular complexity index is 927. The van der Waals surface area contributed by atoms with E-state index in [-0.39, 0.29) is 17.7 Å². The third kappa shape index (κ3) is 4.85. The smallest absolute Gasteiger partial charge is 0.254 e. The number of morpholine rings is 1. The van der Waals surface area contributed by atoms with Gasteiger partial charge in [0, 0.05) is 37.8 Å². The van der Waals surface area contributed by atoms with Crippen LogP contribution in [0.1, 0.15) is 44.6 Å². The number of aromatic nitrogens is 1. The molecule has 170 valence electrons. The van der Waals surface area contributed by atoms with E-state index in [1.165, 1.54) is 6.42 Å². The molecule has 0 spiro atoms. The molecule has 1 aromatic carbocycles. The number of nitrogens with one attached hydrogen (secondary N) is 1. The molecule has 6 heteroatoms. The van der Waals surface area contributed by atoms with Crippen LogP contribution in [0.15, 0.2) is 48.8 Å². The zero-order valence-corrected chi connectivity index (χ0v) is 18.9. The fraction of sp³-hybridized carbons (Fsp3) is 0.500. The summed E-state index contributed by atoms with van der Waals surface area (Å²) in [6.45, 7) is 3.63. The molecule has 2 fully saturated rings. The minimum atomic E-state index is -1.10. The molecule has 2 aromatic rings. The van der Waals surface area contributed by atoms with Crippen molar-refractivity contribution < 1.29 is 14.3 Å². The Kier molecular flexibility index (Phi) is 7.20. The first kappa shape index (κ1) is 22.5. The van der Waals surface area contributed by atoms with Gasteiger partial charge in [0.1, 0.15) is 0 Å². The minimum absolute atomic E-state index is 0.0814. The Balaban J connectivity index is 1.63. The number of rotatable bonds is 6. The van der Waals surface area contributed by atoms with Crippen molar-refractivity contribution in [2.24, 2.45) is 5.92 Å². The molecule has 1 saturated heterocycles. The third-order valence-electron chi connectivity index (χ3n) is 6.69. The van der Waals surface area contributed by atoms with E-state index in [9.17, 15) is 9.59 Å². The number of hydrogen-bond donors (Lipinski definition) is 1. The number of nitrogens with zero attached hydrogens (tertiary/aromatic N) is 2. The summed E-state index contributed by atoms with van der Waals surface area (Å²) >= 11 is 0. The Morgan fingerprint density at radius 3 is 2.62 bits per heavy atom. The van der Waals surface area contributed by atoms with Crippen molar-refractivity contribution in [3.63, 3.8) is 0 Å². The SMILES string of the molecule is CCNC(=O)[C@@]1(Cc2ccccc2-c2ccncc2)CN(C(=O)C2CCCCC2)CCO1. The van der Waals surface area contributed by atoms with Crippen LogP contribution in [0.5, 0.6) is 0 Å². The minimum Gasteiger partial charge on any atom is -0.361 e. The number of ether oxygens (including phenoxy) is 1. The first-order valence-electron chi connectivity index (χ1n) is 11.8. The van der Waals surface area contributed by atoms with Crippen molar-refractivity contribution in [2.75, 3.05) is 26.2 Å². The summed E-state index contributed by atoms with van der Waals surface area (Å²) in [4.78, 5) is 32.6. The van der Waals surface area contributed by atoms with Gasteiger partial charge in [0.15, 0.2) is 5.60 Å². The van der Waals surface area contributed by atoms with E-state index in [4.69, 9.17) is 4.74 Å². The highest BCUT2D eigenvalue weighted by Gasteiger charge is 2.46. The summed E-state index contributed by atoms with van der Waals surface area (Å²) in [5.74, 6) is 0.118. The van der Waals surface area contributed by atoms with Crippen LogP contribution in [0.2, 0.25) is 0 Å². The molecule has 6 nitrogen and oxygen atoms in total. The fourth-order valence-electron chi connectivity index (χ4n) is 5.02. The van der Waals surface area contributed by atoms with Crippen molar-refractivity contribution in [2.45, 2.75) is 51.0 Å². The molecule has 1 aliphatic carbocycles. The highest BCUT2D eigenvalue weighted by Crippen LogP contribution is 2.32. The highest BCUT2D eigenvalue weighted by molar-refractivity contribution is 5.88. The fourth-order valence-corrected chi connectivity index (χ4v) is 5.02. The molecule has 0 unspecified atom stereocenters. The van der Waals surface area contributed by atoms with Gasteiger partial charge in [-0.2, -0.15) is 0 Å². The number of amides is 2. The van der Waals surface area contributed by atoms with Crippen molar-refractivity contribution in [3.05, 3.63) is 54.4 Å². The number of likely N-dealkylation sites (N-methyl/N-ethyl adjacent to an activating group) is 1. The average Bonchev–Trinajstić information content (AvgIpc) is 2.85. The predicted octanol–water partition coefficient (Wildman–Crippen LogP) is 3.61. The monoisotopic (exact) mass is 435 g/mol. The predicted molar refractivity (Wildman–Crippen MR) is 124 cm³/mol. The lowest BCUT2D eigenvalue weighted by Crippen LogP contribution is -2.62. The van der Waals surface area contributed by atoms with Gasteiger partial charge in [0.2, 0.25) is 5.91 Å². The lowest BCUT2D eigenvalue weighted by atomic mass is 9.85. The Labute approximate surface area is 190 Å². The van der Waals surface area contributed by atoms with E-state index in [1.54, 1.807) is 12.4 Å². The molecule has 2 aliphatic rings. The molecule has 32 heavy (non-hydrogen) atoms. The van der Waals surface area contributed by atoms with Crippen LogP contribution in [0, 0.1) is 5.92 Å². The van der Waals surface area contributed by atoms with Gasteiger partial charge in [-0.15, -0.1) is 0 Å². The summed E-state index contributed by atoms with van der Waals surface area (Å²) in [5, 5.41) is 2.96. The van der Waals surface area contributed by atoms with Gasteiger partial charge in [-0.25, -0.2) is 0 Å². The van der Waals surface area contributed by atoms with Gasteiger partial charge in [-0.3, -0.25) is 14.6 Å². The molecule has 2 amide bonds. The summed E-state index contributed by atoms with van der Waals surface area (Å²) in [5.41, 5.74) is 2.03. The van der Waals surface area contributed by atoms with Crippen LogP contribution in [-0.2, 0) is 20.7 Å². The molecule has 1 N–H and O–H groups in total. The Hall–Kier alpha value is -2.73. The molecule has 0 bridgehead atoms. The summed E-state index contributed by atoms with van der Waals surface area (Å²) in [6, 6.07) is 12.0. The van der Waals surface area contributed by atoms with Gasteiger partial charge in [-0.05, 0) is 48.6 Å².